The third kappa shape index (κ3) is 2.71. The van der Waals surface area contributed by atoms with Crippen LogP contribution in [-0.4, -0.2) is 11.3 Å². The summed E-state index contributed by atoms with van der Waals surface area (Å²) in [7, 11) is 0. The first-order valence-corrected chi connectivity index (χ1v) is 7.06. The minimum absolute atomic E-state index is 0.108. The SMILES string of the molecule is S=C1N=NC(Cc2cccc(Cl)c2)N1c1ccccc1. The zero-order chi connectivity index (χ0) is 13.9. The van der Waals surface area contributed by atoms with Gasteiger partial charge in [0.1, 0.15) is 0 Å². The van der Waals surface area contributed by atoms with Gasteiger partial charge < -0.3 is 0 Å². The maximum Gasteiger partial charge on any atom is 0.222 e. The van der Waals surface area contributed by atoms with Crippen molar-refractivity contribution in [2.24, 2.45) is 10.2 Å². The average Bonchev–Trinajstić information content (AvgIpc) is 2.81. The predicted octanol–water partition coefficient (Wildman–Crippen LogP) is 4.47. The van der Waals surface area contributed by atoms with Crippen molar-refractivity contribution in [2.45, 2.75) is 12.6 Å². The number of para-hydroxylation sites is 1. The van der Waals surface area contributed by atoms with Crippen molar-refractivity contribution in [1.82, 2.24) is 0 Å². The fourth-order valence-corrected chi connectivity index (χ4v) is 2.71. The summed E-state index contributed by atoms with van der Waals surface area (Å²) in [6.07, 6.45) is 0.613. The van der Waals surface area contributed by atoms with Crippen molar-refractivity contribution in [3.63, 3.8) is 0 Å². The summed E-state index contributed by atoms with van der Waals surface area (Å²) in [4.78, 5) is 1.97. The molecule has 1 heterocycles. The highest BCUT2D eigenvalue weighted by molar-refractivity contribution is 7.80. The molecule has 0 radical (unpaired) electrons. The number of hydrogen-bond donors (Lipinski definition) is 0. The van der Waals surface area contributed by atoms with Crippen LogP contribution in [0.5, 0.6) is 0 Å². The number of halogens is 1. The number of azo groups is 1. The molecule has 0 saturated heterocycles. The van der Waals surface area contributed by atoms with E-state index < -0.39 is 0 Å². The van der Waals surface area contributed by atoms with Gasteiger partial charge in [0.25, 0.3) is 0 Å². The fourth-order valence-electron chi connectivity index (χ4n) is 2.22. The van der Waals surface area contributed by atoms with E-state index in [2.05, 4.69) is 10.2 Å². The van der Waals surface area contributed by atoms with Gasteiger partial charge in [-0.1, -0.05) is 41.9 Å². The highest BCUT2D eigenvalue weighted by Gasteiger charge is 2.27. The Morgan fingerprint density at radius 1 is 1.10 bits per heavy atom. The molecule has 20 heavy (non-hydrogen) atoms. The van der Waals surface area contributed by atoms with E-state index in [-0.39, 0.29) is 6.17 Å². The summed E-state index contributed by atoms with van der Waals surface area (Å²) in [5, 5.41) is 9.54. The summed E-state index contributed by atoms with van der Waals surface area (Å²) >= 11 is 11.3. The van der Waals surface area contributed by atoms with E-state index in [0.717, 1.165) is 22.7 Å². The van der Waals surface area contributed by atoms with Gasteiger partial charge in [0, 0.05) is 17.1 Å². The molecule has 5 heteroatoms. The first kappa shape index (κ1) is 13.2. The summed E-state index contributed by atoms with van der Waals surface area (Å²) in [5.74, 6) is 0. The number of benzene rings is 2. The summed E-state index contributed by atoms with van der Waals surface area (Å²) in [6.45, 7) is 0. The molecule has 0 spiro atoms. The molecule has 3 rings (SSSR count). The second kappa shape index (κ2) is 5.69. The Hall–Kier alpha value is -1.78. The van der Waals surface area contributed by atoms with E-state index in [0.29, 0.717) is 5.11 Å². The number of rotatable bonds is 3. The molecule has 3 nitrogen and oxygen atoms in total. The molecule has 2 aromatic rings. The zero-order valence-corrected chi connectivity index (χ0v) is 12.2. The Labute approximate surface area is 127 Å². The highest BCUT2D eigenvalue weighted by atomic mass is 35.5. The molecule has 0 bridgehead atoms. The number of hydrogen-bond acceptors (Lipinski definition) is 2. The van der Waals surface area contributed by atoms with Crippen LogP contribution in [-0.2, 0) is 6.42 Å². The van der Waals surface area contributed by atoms with E-state index in [1.165, 1.54) is 0 Å². The van der Waals surface area contributed by atoms with Crippen LogP contribution in [0.1, 0.15) is 5.56 Å². The van der Waals surface area contributed by atoms with Gasteiger partial charge in [-0.05, 0) is 42.0 Å². The van der Waals surface area contributed by atoms with Crippen LogP contribution in [0.3, 0.4) is 0 Å². The molecule has 1 unspecified atom stereocenters. The van der Waals surface area contributed by atoms with Crippen LogP contribution in [0, 0.1) is 0 Å². The lowest BCUT2D eigenvalue weighted by Gasteiger charge is -2.23. The van der Waals surface area contributed by atoms with Gasteiger partial charge in [0.2, 0.25) is 5.11 Å². The molecule has 0 aliphatic carbocycles. The zero-order valence-electron chi connectivity index (χ0n) is 10.6. The molecule has 0 aromatic heterocycles. The molecule has 100 valence electrons. The van der Waals surface area contributed by atoms with Crippen molar-refractivity contribution in [2.75, 3.05) is 4.90 Å². The van der Waals surface area contributed by atoms with Crippen molar-refractivity contribution in [3.05, 3.63) is 65.2 Å². The quantitative estimate of drug-likeness (QED) is 0.783. The maximum atomic E-state index is 6.02. The molecule has 0 saturated carbocycles. The van der Waals surface area contributed by atoms with Crippen molar-refractivity contribution >= 4 is 34.6 Å². The van der Waals surface area contributed by atoms with Gasteiger partial charge in [-0.25, -0.2) is 0 Å². The van der Waals surface area contributed by atoms with Gasteiger partial charge in [-0.3, -0.25) is 4.90 Å². The van der Waals surface area contributed by atoms with Gasteiger partial charge in [0.05, 0.1) is 0 Å². The first-order valence-electron chi connectivity index (χ1n) is 6.27. The van der Waals surface area contributed by atoms with Gasteiger partial charge in [-0.15, -0.1) is 5.11 Å². The minimum atomic E-state index is -0.108. The average molecular weight is 302 g/mol. The number of anilines is 1. The minimum Gasteiger partial charge on any atom is -0.291 e. The van der Waals surface area contributed by atoms with Crippen LogP contribution >= 0.6 is 23.8 Å². The van der Waals surface area contributed by atoms with Gasteiger partial charge in [-0.2, -0.15) is 5.11 Å². The highest BCUT2D eigenvalue weighted by Crippen LogP contribution is 2.26. The van der Waals surface area contributed by atoms with E-state index >= 15 is 0 Å². The smallest absolute Gasteiger partial charge is 0.222 e. The van der Waals surface area contributed by atoms with Crippen molar-refractivity contribution in [1.29, 1.82) is 0 Å². The number of nitrogens with zero attached hydrogens (tertiary/aromatic N) is 3. The first-order chi connectivity index (χ1) is 9.74. The van der Waals surface area contributed by atoms with Crippen LogP contribution in [0.2, 0.25) is 5.02 Å². The number of thiocarbonyl (C=S) groups is 1. The molecule has 1 aliphatic rings. The van der Waals surface area contributed by atoms with Crippen LogP contribution in [0.4, 0.5) is 5.69 Å². The molecule has 2 aromatic carbocycles. The van der Waals surface area contributed by atoms with E-state index in [9.17, 15) is 0 Å². The van der Waals surface area contributed by atoms with Crippen LogP contribution in [0.15, 0.2) is 64.8 Å². The lowest BCUT2D eigenvalue weighted by Crippen LogP contribution is -2.34. The Bertz CT molecular complexity index is 657. The third-order valence-corrected chi connectivity index (χ3v) is 3.64. The van der Waals surface area contributed by atoms with E-state index in [1.807, 2.05) is 59.5 Å². The summed E-state index contributed by atoms with van der Waals surface area (Å²) in [5.41, 5.74) is 2.13. The molecular formula is C15H12ClN3S. The largest absolute Gasteiger partial charge is 0.291 e. The Morgan fingerprint density at radius 2 is 1.90 bits per heavy atom. The topological polar surface area (TPSA) is 28.0 Å². The van der Waals surface area contributed by atoms with Gasteiger partial charge >= 0.3 is 0 Å². The van der Waals surface area contributed by atoms with Crippen molar-refractivity contribution in [3.8, 4) is 0 Å². The van der Waals surface area contributed by atoms with E-state index in [1.54, 1.807) is 0 Å². The molecular weight excluding hydrogens is 290 g/mol. The second-order valence-corrected chi connectivity index (χ2v) is 5.32. The van der Waals surface area contributed by atoms with Crippen LogP contribution < -0.4 is 4.90 Å². The lowest BCUT2D eigenvalue weighted by atomic mass is 10.1. The summed E-state index contributed by atoms with van der Waals surface area (Å²) in [6, 6.07) is 17.7. The molecule has 1 aliphatic heterocycles. The van der Waals surface area contributed by atoms with Crippen LogP contribution in [0.25, 0.3) is 0 Å². The normalized spacial score (nSPS) is 17.8. The Kier molecular flexibility index (Phi) is 3.76. The standard InChI is InChI=1S/C15H12ClN3S/c16-12-6-4-5-11(9-12)10-14-17-18-15(20)19(14)13-7-2-1-3-8-13/h1-9,14H,10H2. The van der Waals surface area contributed by atoms with Gasteiger partial charge in [0.15, 0.2) is 6.17 Å². The Morgan fingerprint density at radius 3 is 2.65 bits per heavy atom. The monoisotopic (exact) mass is 301 g/mol. The molecule has 1 atom stereocenters. The molecule has 0 amide bonds. The second-order valence-electron chi connectivity index (χ2n) is 4.52. The van der Waals surface area contributed by atoms with Crippen molar-refractivity contribution < 1.29 is 0 Å². The lowest BCUT2D eigenvalue weighted by molar-refractivity contribution is 0.700. The Balaban J connectivity index is 1.85. The predicted molar refractivity (Wildman–Crippen MR) is 85.3 cm³/mol. The molecule has 0 fully saturated rings. The fraction of sp³-hybridized carbons (Fsp3) is 0.133. The summed E-state index contributed by atoms with van der Waals surface area (Å²) < 4.78 is 0. The maximum absolute atomic E-state index is 6.02. The third-order valence-electron chi connectivity index (χ3n) is 3.12. The van der Waals surface area contributed by atoms with E-state index in [4.69, 9.17) is 23.8 Å². The molecule has 0 N–H and O–H groups in total.